The lowest BCUT2D eigenvalue weighted by Gasteiger charge is -2.13. The summed E-state index contributed by atoms with van der Waals surface area (Å²) < 4.78 is 2.31. The highest BCUT2D eigenvalue weighted by molar-refractivity contribution is 6.17. The third-order valence-corrected chi connectivity index (χ3v) is 4.41. The Labute approximate surface area is 144 Å². The molecule has 3 aromatic rings. The Morgan fingerprint density at radius 1 is 0.833 bits per heavy atom. The zero-order valence-electron chi connectivity index (χ0n) is 12.7. The molecule has 0 saturated carbocycles. The molecule has 126 valence electrons. The summed E-state index contributed by atoms with van der Waals surface area (Å²) in [7, 11) is 2.88. The van der Waals surface area contributed by atoms with Crippen LogP contribution in [0.4, 0.5) is 0 Å². The number of alkyl halides is 2. The van der Waals surface area contributed by atoms with Gasteiger partial charge in [-0.2, -0.15) is 0 Å². The molecule has 3 rings (SSSR count). The molecule has 0 unspecified atom stereocenters. The zero-order valence-corrected chi connectivity index (χ0v) is 14.2. The quantitative estimate of drug-likeness (QED) is 0.396. The molecular formula is C14H12Cl2N4O4. The van der Waals surface area contributed by atoms with Gasteiger partial charge in [-0.05, 0) is 0 Å². The van der Waals surface area contributed by atoms with Crippen molar-refractivity contribution in [3.8, 4) is 11.5 Å². The molecule has 24 heavy (non-hydrogen) atoms. The maximum Gasteiger partial charge on any atom is 0.265 e. The highest BCUT2D eigenvalue weighted by Gasteiger charge is 2.23. The number of aromatic hydroxyl groups is 2. The number of fused-ring (bicyclic) bond motifs is 2. The molecule has 2 N–H and O–H groups in total. The number of hydrogen-bond donors (Lipinski definition) is 2. The Morgan fingerprint density at radius 3 is 1.46 bits per heavy atom. The van der Waals surface area contributed by atoms with Crippen LogP contribution in [-0.4, -0.2) is 29.3 Å². The highest BCUT2D eigenvalue weighted by Crippen LogP contribution is 2.36. The van der Waals surface area contributed by atoms with E-state index in [1.165, 1.54) is 14.1 Å². The summed E-state index contributed by atoms with van der Waals surface area (Å²) in [4.78, 5) is 33.2. The van der Waals surface area contributed by atoms with Gasteiger partial charge < -0.3 is 10.2 Å². The molecule has 2 heterocycles. The van der Waals surface area contributed by atoms with E-state index in [0.29, 0.717) is 0 Å². The number of aromatic nitrogens is 4. The minimum absolute atomic E-state index is 0.0820. The average Bonchev–Trinajstić information content (AvgIpc) is 2.57. The summed E-state index contributed by atoms with van der Waals surface area (Å²) in [5.41, 5.74) is -1.62. The number of phenolic OH excluding ortho intramolecular Hbond substituents is 2. The molecule has 0 aliphatic carbocycles. The van der Waals surface area contributed by atoms with Crippen LogP contribution in [0.25, 0.3) is 21.8 Å². The zero-order chi connectivity index (χ0) is 17.8. The monoisotopic (exact) mass is 370 g/mol. The Bertz CT molecular complexity index is 1030. The van der Waals surface area contributed by atoms with E-state index in [1.807, 2.05) is 0 Å². The van der Waals surface area contributed by atoms with Crippen LogP contribution in [0, 0.1) is 0 Å². The Kier molecular flexibility index (Phi) is 3.89. The molecule has 0 spiro atoms. The van der Waals surface area contributed by atoms with Gasteiger partial charge in [0.15, 0.2) is 11.5 Å². The Hall–Kier alpha value is -2.32. The van der Waals surface area contributed by atoms with Crippen LogP contribution >= 0.6 is 23.2 Å². The van der Waals surface area contributed by atoms with E-state index in [0.717, 1.165) is 9.13 Å². The van der Waals surface area contributed by atoms with Gasteiger partial charge in [0.25, 0.3) is 11.1 Å². The fourth-order valence-electron chi connectivity index (χ4n) is 2.54. The SMILES string of the molecule is Cn1c(CCl)nc2c(O)c3c(=O)n(C)c(CCl)nc3c(O)c2c1=O. The number of nitrogens with zero attached hydrogens (tertiary/aromatic N) is 4. The second kappa shape index (κ2) is 5.64. The van der Waals surface area contributed by atoms with Crippen molar-refractivity contribution in [3.63, 3.8) is 0 Å². The molecule has 0 aliphatic rings. The average molecular weight is 371 g/mol. The maximum atomic E-state index is 12.5. The van der Waals surface area contributed by atoms with Crippen LogP contribution in [0.15, 0.2) is 9.59 Å². The Balaban J connectivity index is 2.70. The van der Waals surface area contributed by atoms with Crippen molar-refractivity contribution in [2.24, 2.45) is 14.1 Å². The standard InChI is InChI=1S/C14H12Cl2N4O4/c1-19-5(3-15)17-9-7(13(19)23)11(21)10-8(12(9)22)14(24)20(2)6(4-16)18-10/h21-22H,3-4H2,1-2H3. The molecule has 2 aromatic heterocycles. The first-order valence-electron chi connectivity index (χ1n) is 6.78. The van der Waals surface area contributed by atoms with E-state index in [4.69, 9.17) is 23.2 Å². The van der Waals surface area contributed by atoms with Gasteiger partial charge in [-0.15, -0.1) is 23.2 Å². The normalized spacial score (nSPS) is 11.5. The van der Waals surface area contributed by atoms with Crippen molar-refractivity contribution < 1.29 is 10.2 Å². The van der Waals surface area contributed by atoms with Gasteiger partial charge in [0.05, 0.1) is 11.8 Å². The van der Waals surface area contributed by atoms with Crippen LogP contribution in [0.1, 0.15) is 11.6 Å². The summed E-state index contributed by atoms with van der Waals surface area (Å²) in [6, 6.07) is 0. The van der Waals surface area contributed by atoms with E-state index < -0.39 is 22.6 Å². The summed E-state index contributed by atoms with van der Waals surface area (Å²) >= 11 is 11.5. The number of benzene rings is 1. The first-order valence-corrected chi connectivity index (χ1v) is 7.85. The van der Waals surface area contributed by atoms with Crippen molar-refractivity contribution in [2.75, 3.05) is 0 Å². The summed E-state index contributed by atoms with van der Waals surface area (Å²) in [6.07, 6.45) is 0. The Morgan fingerprint density at radius 2 is 1.17 bits per heavy atom. The largest absolute Gasteiger partial charge is 0.505 e. The fourth-order valence-corrected chi connectivity index (χ4v) is 3.02. The van der Waals surface area contributed by atoms with Gasteiger partial charge in [-0.25, -0.2) is 9.97 Å². The van der Waals surface area contributed by atoms with E-state index in [9.17, 15) is 19.8 Å². The van der Waals surface area contributed by atoms with Gasteiger partial charge in [-0.1, -0.05) is 0 Å². The molecule has 0 saturated heterocycles. The predicted octanol–water partition coefficient (Wildman–Crippen LogP) is 1.07. The van der Waals surface area contributed by atoms with Crippen LogP contribution in [0.5, 0.6) is 11.5 Å². The third kappa shape index (κ3) is 2.06. The van der Waals surface area contributed by atoms with E-state index in [2.05, 4.69) is 9.97 Å². The van der Waals surface area contributed by atoms with Crippen molar-refractivity contribution >= 4 is 45.0 Å². The van der Waals surface area contributed by atoms with Crippen LogP contribution in [0.2, 0.25) is 0 Å². The van der Waals surface area contributed by atoms with Gasteiger partial charge in [0.1, 0.15) is 33.5 Å². The number of halogens is 2. The van der Waals surface area contributed by atoms with Gasteiger partial charge in [0.2, 0.25) is 0 Å². The van der Waals surface area contributed by atoms with Crippen LogP contribution < -0.4 is 11.1 Å². The van der Waals surface area contributed by atoms with Crippen LogP contribution in [0.3, 0.4) is 0 Å². The van der Waals surface area contributed by atoms with Crippen molar-refractivity contribution in [1.29, 1.82) is 0 Å². The molecule has 0 radical (unpaired) electrons. The minimum Gasteiger partial charge on any atom is -0.505 e. The van der Waals surface area contributed by atoms with E-state index >= 15 is 0 Å². The summed E-state index contributed by atoms with van der Waals surface area (Å²) in [5.74, 6) is -0.856. The number of hydrogen-bond acceptors (Lipinski definition) is 6. The van der Waals surface area contributed by atoms with Crippen molar-refractivity contribution in [2.45, 2.75) is 11.8 Å². The molecule has 10 heteroatoms. The molecule has 1 aromatic carbocycles. The third-order valence-electron chi connectivity index (χ3n) is 3.93. The molecule has 0 atom stereocenters. The molecular weight excluding hydrogens is 359 g/mol. The molecule has 0 aliphatic heterocycles. The first kappa shape index (κ1) is 16.5. The predicted molar refractivity (Wildman–Crippen MR) is 90.0 cm³/mol. The maximum absolute atomic E-state index is 12.5. The summed E-state index contributed by atoms with van der Waals surface area (Å²) in [6.45, 7) is 0. The molecule has 0 fully saturated rings. The molecule has 8 nitrogen and oxygen atoms in total. The van der Waals surface area contributed by atoms with E-state index in [-0.39, 0.29) is 45.2 Å². The molecule has 0 amide bonds. The van der Waals surface area contributed by atoms with Gasteiger partial charge in [-0.3, -0.25) is 18.7 Å². The number of phenols is 2. The van der Waals surface area contributed by atoms with E-state index in [1.54, 1.807) is 0 Å². The summed E-state index contributed by atoms with van der Waals surface area (Å²) in [5, 5.41) is 20.5. The lowest BCUT2D eigenvalue weighted by Crippen LogP contribution is -2.24. The lowest BCUT2D eigenvalue weighted by atomic mass is 10.1. The smallest absolute Gasteiger partial charge is 0.265 e. The first-order chi connectivity index (χ1) is 11.3. The van der Waals surface area contributed by atoms with Crippen molar-refractivity contribution in [3.05, 3.63) is 32.4 Å². The van der Waals surface area contributed by atoms with Crippen molar-refractivity contribution in [1.82, 2.24) is 19.1 Å². The van der Waals surface area contributed by atoms with Gasteiger partial charge >= 0.3 is 0 Å². The minimum atomic E-state index is -0.611. The second-order valence-electron chi connectivity index (χ2n) is 5.20. The second-order valence-corrected chi connectivity index (χ2v) is 5.73. The lowest BCUT2D eigenvalue weighted by molar-refractivity contribution is 0.474. The topological polar surface area (TPSA) is 110 Å². The van der Waals surface area contributed by atoms with Gasteiger partial charge in [0, 0.05) is 14.1 Å². The fraction of sp³-hybridized carbons (Fsp3) is 0.286. The molecule has 0 bridgehead atoms. The highest BCUT2D eigenvalue weighted by atomic mass is 35.5. The van der Waals surface area contributed by atoms with Crippen LogP contribution in [-0.2, 0) is 25.9 Å². The number of rotatable bonds is 2.